The molecule has 0 saturated heterocycles. The fourth-order valence-electron chi connectivity index (χ4n) is 1.89. The Balaban J connectivity index is 5.22. The second-order valence-corrected chi connectivity index (χ2v) is 16.8. The predicted octanol–water partition coefficient (Wildman–Crippen LogP) is 5.41. The van der Waals surface area contributed by atoms with E-state index in [0.717, 1.165) is 0 Å². The first-order chi connectivity index (χ1) is 7.09. The van der Waals surface area contributed by atoms with Crippen LogP contribution in [0.1, 0.15) is 26.7 Å². The quantitative estimate of drug-likeness (QED) is 0.454. The minimum atomic E-state index is -1.08. The molecule has 2 heteroatoms. The van der Waals surface area contributed by atoms with E-state index in [1.807, 2.05) is 0 Å². The van der Waals surface area contributed by atoms with E-state index < -0.39 is 16.1 Å². The highest BCUT2D eigenvalue weighted by Gasteiger charge is 2.15. The fourth-order valence-corrected chi connectivity index (χ4v) is 4.76. The molecule has 0 unspecified atom stereocenters. The minimum absolute atomic E-state index is 1.08. The highest BCUT2D eigenvalue weighted by molar-refractivity contribution is 6.81. The lowest BCUT2D eigenvalue weighted by molar-refractivity contribution is 1.03. The molecule has 0 spiro atoms. The third-order valence-corrected chi connectivity index (χ3v) is 4.82. The number of allylic oxidation sites excluding steroid dienone is 2. The van der Waals surface area contributed by atoms with E-state index in [1.54, 1.807) is 11.1 Å². The SMILES string of the molecule is CCC(=C\[Si](C)(C)C)/C(=C/[Si](C)(C)C)CC. The van der Waals surface area contributed by atoms with Crippen molar-refractivity contribution in [3.63, 3.8) is 0 Å². The number of hydrogen-bond acceptors (Lipinski definition) is 0. The molecule has 0 nitrogen and oxygen atoms in total. The lowest BCUT2D eigenvalue weighted by atomic mass is 10.1. The molecule has 0 radical (unpaired) electrons. The summed E-state index contributed by atoms with van der Waals surface area (Å²) in [5.74, 6) is 0. The fraction of sp³-hybridized carbons (Fsp3) is 0.714. The first-order valence-electron chi connectivity index (χ1n) is 6.53. The summed E-state index contributed by atoms with van der Waals surface area (Å²) in [7, 11) is -2.17. The van der Waals surface area contributed by atoms with Crippen molar-refractivity contribution in [3.8, 4) is 0 Å². The summed E-state index contributed by atoms with van der Waals surface area (Å²) in [5, 5.41) is 0. The molecule has 94 valence electrons. The van der Waals surface area contributed by atoms with E-state index in [-0.39, 0.29) is 0 Å². The molecular weight excluding hydrogens is 224 g/mol. The molecule has 0 aromatic rings. The maximum Gasteiger partial charge on any atom is 0.0690 e. The van der Waals surface area contributed by atoms with Gasteiger partial charge in [-0.3, -0.25) is 0 Å². The molecule has 0 amide bonds. The average molecular weight is 255 g/mol. The summed E-state index contributed by atoms with van der Waals surface area (Å²) in [5.41, 5.74) is 8.40. The maximum atomic E-state index is 2.59. The highest BCUT2D eigenvalue weighted by atomic mass is 28.3. The van der Waals surface area contributed by atoms with Crippen molar-refractivity contribution in [3.05, 3.63) is 22.5 Å². The summed E-state index contributed by atoms with van der Waals surface area (Å²) in [6.07, 6.45) is 2.38. The molecule has 0 N–H and O–H groups in total. The van der Waals surface area contributed by atoms with Crippen LogP contribution in [0.4, 0.5) is 0 Å². The van der Waals surface area contributed by atoms with Gasteiger partial charge >= 0.3 is 0 Å². The Morgan fingerprint density at radius 2 is 0.938 bits per heavy atom. The van der Waals surface area contributed by atoms with Gasteiger partial charge in [0.05, 0.1) is 16.1 Å². The molecular formula is C14H30Si2. The predicted molar refractivity (Wildman–Crippen MR) is 83.4 cm³/mol. The van der Waals surface area contributed by atoms with Crippen LogP contribution in [0.2, 0.25) is 39.3 Å². The number of rotatable bonds is 5. The smallest absolute Gasteiger partial charge is 0.0690 e. The van der Waals surface area contributed by atoms with Gasteiger partial charge in [-0.15, -0.1) is 0 Å². The Labute approximate surface area is 105 Å². The molecule has 0 atom stereocenters. The molecule has 0 saturated carbocycles. The van der Waals surface area contributed by atoms with Crippen LogP contribution in [-0.2, 0) is 0 Å². The summed E-state index contributed by atoms with van der Waals surface area (Å²) in [6.45, 7) is 19.1. The minimum Gasteiger partial charge on any atom is -0.0916 e. The second-order valence-electron chi connectivity index (χ2n) is 6.78. The van der Waals surface area contributed by atoms with Crippen molar-refractivity contribution >= 4 is 16.1 Å². The Kier molecular flexibility index (Phi) is 5.98. The summed E-state index contributed by atoms with van der Waals surface area (Å²) >= 11 is 0. The topological polar surface area (TPSA) is 0 Å². The van der Waals surface area contributed by atoms with Crippen molar-refractivity contribution in [1.29, 1.82) is 0 Å². The van der Waals surface area contributed by atoms with E-state index >= 15 is 0 Å². The largest absolute Gasteiger partial charge is 0.0916 e. The van der Waals surface area contributed by atoms with E-state index in [1.165, 1.54) is 12.8 Å². The van der Waals surface area contributed by atoms with Crippen molar-refractivity contribution < 1.29 is 0 Å². The van der Waals surface area contributed by atoms with Gasteiger partial charge in [0, 0.05) is 0 Å². The molecule has 0 aromatic carbocycles. The zero-order chi connectivity index (χ0) is 13.0. The normalized spacial score (nSPS) is 15.5. The highest BCUT2D eigenvalue weighted by Crippen LogP contribution is 2.23. The van der Waals surface area contributed by atoms with Gasteiger partial charge in [0.2, 0.25) is 0 Å². The molecule has 0 aliphatic rings. The standard InChI is InChI=1S/C14H30Si2/c1-9-13(11-15(3,4)5)14(10-2)12-16(6,7)8/h11-12H,9-10H2,1-8H3/b13-11+,14-12+. The van der Waals surface area contributed by atoms with E-state index in [2.05, 4.69) is 64.5 Å². The number of hydrogen-bond donors (Lipinski definition) is 0. The monoisotopic (exact) mass is 254 g/mol. The van der Waals surface area contributed by atoms with Gasteiger partial charge in [0.1, 0.15) is 0 Å². The molecule has 0 aliphatic heterocycles. The molecule has 0 fully saturated rings. The van der Waals surface area contributed by atoms with Crippen molar-refractivity contribution in [1.82, 2.24) is 0 Å². The maximum absolute atomic E-state index is 2.59. The van der Waals surface area contributed by atoms with E-state index in [4.69, 9.17) is 0 Å². The van der Waals surface area contributed by atoms with Gasteiger partial charge in [-0.2, -0.15) is 0 Å². The first-order valence-corrected chi connectivity index (χ1v) is 13.7. The lowest BCUT2D eigenvalue weighted by Gasteiger charge is -2.19. The summed E-state index contributed by atoms with van der Waals surface area (Å²) < 4.78 is 0. The van der Waals surface area contributed by atoms with Gasteiger partial charge in [0.25, 0.3) is 0 Å². The molecule has 0 aliphatic carbocycles. The van der Waals surface area contributed by atoms with Gasteiger partial charge in [0.15, 0.2) is 0 Å². The average Bonchev–Trinajstić information content (AvgIpc) is 2.07. The zero-order valence-corrected chi connectivity index (χ0v) is 14.6. The first kappa shape index (κ1) is 15.9. The van der Waals surface area contributed by atoms with E-state index in [0.29, 0.717) is 0 Å². The Morgan fingerprint density at radius 1 is 0.688 bits per heavy atom. The van der Waals surface area contributed by atoms with Crippen molar-refractivity contribution in [2.75, 3.05) is 0 Å². The molecule has 0 aromatic heterocycles. The van der Waals surface area contributed by atoms with Crippen LogP contribution in [0.25, 0.3) is 0 Å². The Morgan fingerprint density at radius 3 is 1.06 bits per heavy atom. The molecule has 0 heterocycles. The van der Waals surface area contributed by atoms with Crippen molar-refractivity contribution in [2.24, 2.45) is 0 Å². The Bertz CT molecular complexity index is 242. The van der Waals surface area contributed by atoms with Crippen LogP contribution in [0, 0.1) is 0 Å². The molecule has 0 rings (SSSR count). The second kappa shape index (κ2) is 6.01. The van der Waals surface area contributed by atoms with Gasteiger partial charge < -0.3 is 0 Å². The third-order valence-electron chi connectivity index (χ3n) is 2.39. The van der Waals surface area contributed by atoms with Crippen LogP contribution < -0.4 is 0 Å². The van der Waals surface area contributed by atoms with E-state index in [9.17, 15) is 0 Å². The van der Waals surface area contributed by atoms with Crippen LogP contribution in [-0.4, -0.2) is 16.1 Å². The van der Waals surface area contributed by atoms with Gasteiger partial charge in [-0.05, 0) is 12.8 Å². The summed E-state index contributed by atoms with van der Waals surface area (Å²) in [4.78, 5) is 0. The Hall–Kier alpha value is -0.0862. The van der Waals surface area contributed by atoms with Crippen LogP contribution in [0.15, 0.2) is 22.5 Å². The zero-order valence-electron chi connectivity index (χ0n) is 12.6. The van der Waals surface area contributed by atoms with Crippen LogP contribution in [0.5, 0.6) is 0 Å². The van der Waals surface area contributed by atoms with Gasteiger partial charge in [-0.25, -0.2) is 0 Å². The van der Waals surface area contributed by atoms with Crippen LogP contribution in [0.3, 0.4) is 0 Å². The summed E-state index contributed by atoms with van der Waals surface area (Å²) in [6, 6.07) is 0. The van der Waals surface area contributed by atoms with Crippen molar-refractivity contribution in [2.45, 2.75) is 66.0 Å². The third kappa shape index (κ3) is 7.23. The van der Waals surface area contributed by atoms with Crippen LogP contribution >= 0.6 is 0 Å². The molecule has 16 heavy (non-hydrogen) atoms. The molecule has 0 bridgehead atoms. The lowest BCUT2D eigenvalue weighted by Crippen LogP contribution is -2.20. The van der Waals surface area contributed by atoms with Gasteiger partial charge in [-0.1, -0.05) is 75.7 Å².